The third-order valence-corrected chi connectivity index (χ3v) is 3.92. The summed E-state index contributed by atoms with van der Waals surface area (Å²) in [7, 11) is 0. The van der Waals surface area contributed by atoms with Crippen LogP contribution in [0.5, 0.6) is 0 Å². The molecule has 2 aromatic carbocycles. The van der Waals surface area contributed by atoms with Crippen LogP contribution in [0.3, 0.4) is 0 Å². The van der Waals surface area contributed by atoms with Crippen LogP contribution in [0, 0.1) is 19.7 Å². The number of aryl methyl sites for hydroxylation is 2. The molecule has 1 heterocycles. The Morgan fingerprint density at radius 2 is 1.96 bits per heavy atom. The Labute approximate surface area is 138 Å². The second-order valence-corrected chi connectivity index (χ2v) is 5.86. The summed E-state index contributed by atoms with van der Waals surface area (Å²) in [5, 5.41) is 3.59. The molecule has 24 heavy (non-hydrogen) atoms. The molecule has 5 heteroatoms. The van der Waals surface area contributed by atoms with E-state index in [0.29, 0.717) is 5.56 Å². The molecule has 4 nitrogen and oxygen atoms in total. The summed E-state index contributed by atoms with van der Waals surface area (Å²) >= 11 is 0. The number of pyridine rings is 1. The number of hydrogen-bond acceptors (Lipinski definition) is 2. The Morgan fingerprint density at radius 1 is 1.17 bits per heavy atom. The van der Waals surface area contributed by atoms with Crippen molar-refractivity contribution in [3.63, 3.8) is 0 Å². The number of H-pyrrole nitrogens is 1. The number of carbonyl (C=O) groups excluding carboxylic acids is 1. The van der Waals surface area contributed by atoms with Crippen LogP contribution in [-0.4, -0.2) is 10.9 Å². The Hall–Kier alpha value is -2.95. The van der Waals surface area contributed by atoms with Gasteiger partial charge in [-0.1, -0.05) is 12.1 Å². The van der Waals surface area contributed by atoms with Crippen molar-refractivity contribution in [1.82, 2.24) is 10.3 Å². The smallest absolute Gasteiger partial charge is 0.253 e. The highest BCUT2D eigenvalue weighted by atomic mass is 19.1. The molecule has 0 aliphatic carbocycles. The maximum absolute atomic E-state index is 13.2. The highest BCUT2D eigenvalue weighted by Crippen LogP contribution is 2.18. The van der Waals surface area contributed by atoms with E-state index in [4.69, 9.17) is 0 Å². The highest BCUT2D eigenvalue weighted by molar-refractivity contribution is 5.94. The van der Waals surface area contributed by atoms with E-state index >= 15 is 0 Å². The van der Waals surface area contributed by atoms with E-state index in [1.807, 2.05) is 26.0 Å². The lowest BCUT2D eigenvalue weighted by molar-refractivity contribution is 0.0950. The van der Waals surface area contributed by atoms with Crippen molar-refractivity contribution in [1.29, 1.82) is 0 Å². The minimum atomic E-state index is -0.475. The fraction of sp³-hybridized carbons (Fsp3) is 0.158. The molecule has 122 valence electrons. The average Bonchev–Trinajstić information content (AvgIpc) is 2.52. The first-order valence-electron chi connectivity index (χ1n) is 7.61. The van der Waals surface area contributed by atoms with Gasteiger partial charge in [-0.3, -0.25) is 9.59 Å². The summed E-state index contributed by atoms with van der Waals surface area (Å²) in [5.74, 6) is -0.896. The van der Waals surface area contributed by atoms with E-state index in [1.165, 1.54) is 18.2 Å². The summed E-state index contributed by atoms with van der Waals surface area (Å²) in [6.07, 6.45) is 0. The van der Waals surface area contributed by atoms with Crippen molar-refractivity contribution in [2.75, 3.05) is 0 Å². The van der Waals surface area contributed by atoms with Gasteiger partial charge in [-0.15, -0.1) is 0 Å². The number of aromatic nitrogens is 1. The zero-order valence-corrected chi connectivity index (χ0v) is 13.4. The normalized spacial score (nSPS) is 10.8. The lowest BCUT2D eigenvalue weighted by Crippen LogP contribution is -2.26. The first-order valence-corrected chi connectivity index (χ1v) is 7.61. The van der Waals surface area contributed by atoms with Gasteiger partial charge >= 0.3 is 0 Å². The molecule has 0 unspecified atom stereocenters. The first kappa shape index (κ1) is 15.9. The average molecular weight is 324 g/mol. The number of amides is 1. The number of fused-ring (bicyclic) bond motifs is 1. The maximum atomic E-state index is 13.2. The Kier molecular flexibility index (Phi) is 4.16. The Morgan fingerprint density at radius 3 is 2.71 bits per heavy atom. The molecular formula is C19H17FN2O2. The molecule has 0 atom stereocenters. The van der Waals surface area contributed by atoms with Crippen molar-refractivity contribution in [3.8, 4) is 0 Å². The van der Waals surface area contributed by atoms with Crippen molar-refractivity contribution < 1.29 is 9.18 Å². The minimum absolute atomic E-state index is 0.0773. The molecule has 0 saturated carbocycles. The minimum Gasteiger partial charge on any atom is -0.348 e. The second-order valence-electron chi connectivity index (χ2n) is 5.86. The summed E-state index contributed by atoms with van der Waals surface area (Å²) < 4.78 is 13.2. The van der Waals surface area contributed by atoms with Gasteiger partial charge in [-0.25, -0.2) is 4.39 Å². The van der Waals surface area contributed by atoms with E-state index < -0.39 is 11.7 Å². The number of carbonyl (C=O) groups is 1. The van der Waals surface area contributed by atoms with Crippen LogP contribution >= 0.6 is 0 Å². The van der Waals surface area contributed by atoms with Gasteiger partial charge in [0.25, 0.3) is 11.5 Å². The molecule has 0 spiro atoms. The fourth-order valence-electron chi connectivity index (χ4n) is 2.75. The summed E-state index contributed by atoms with van der Waals surface area (Å²) in [6.45, 7) is 4.02. The molecule has 0 saturated heterocycles. The molecule has 3 rings (SSSR count). The lowest BCUT2D eigenvalue weighted by atomic mass is 10.0. The molecular weight excluding hydrogens is 307 g/mol. The second kappa shape index (κ2) is 6.28. The van der Waals surface area contributed by atoms with Crippen LogP contribution < -0.4 is 10.9 Å². The molecule has 0 radical (unpaired) electrons. The van der Waals surface area contributed by atoms with E-state index in [1.54, 1.807) is 6.07 Å². The van der Waals surface area contributed by atoms with Crippen LogP contribution in [0.1, 0.15) is 27.0 Å². The van der Waals surface area contributed by atoms with Gasteiger partial charge < -0.3 is 10.3 Å². The summed E-state index contributed by atoms with van der Waals surface area (Å²) in [4.78, 5) is 27.1. The van der Waals surface area contributed by atoms with Crippen LogP contribution in [-0.2, 0) is 6.54 Å². The zero-order chi connectivity index (χ0) is 17.3. The first-order chi connectivity index (χ1) is 11.4. The largest absolute Gasteiger partial charge is 0.348 e. The summed E-state index contributed by atoms with van der Waals surface area (Å²) in [5.41, 5.74) is 3.34. The SMILES string of the molecule is Cc1cc(C)c2cc(CNC(=O)c3cccc(F)c3)c(=O)[nH]c2c1. The Bertz CT molecular complexity index is 992. The third kappa shape index (κ3) is 3.20. The Balaban J connectivity index is 1.86. The van der Waals surface area contributed by atoms with Gasteiger partial charge in [0.1, 0.15) is 5.82 Å². The number of rotatable bonds is 3. The van der Waals surface area contributed by atoms with Crippen molar-refractivity contribution >= 4 is 16.8 Å². The van der Waals surface area contributed by atoms with Gasteiger partial charge in [-0.05, 0) is 55.3 Å². The molecule has 2 N–H and O–H groups in total. The van der Waals surface area contributed by atoms with Crippen molar-refractivity contribution in [2.24, 2.45) is 0 Å². The molecule has 0 aliphatic heterocycles. The van der Waals surface area contributed by atoms with Crippen LogP contribution in [0.2, 0.25) is 0 Å². The monoisotopic (exact) mass is 324 g/mol. The molecule has 0 fully saturated rings. The summed E-state index contributed by atoms with van der Waals surface area (Å²) in [6, 6.07) is 11.2. The van der Waals surface area contributed by atoms with E-state index in [0.717, 1.165) is 28.1 Å². The van der Waals surface area contributed by atoms with Crippen molar-refractivity contribution in [3.05, 3.63) is 80.9 Å². The topological polar surface area (TPSA) is 62.0 Å². The number of benzene rings is 2. The molecule has 1 amide bonds. The number of halogens is 1. The van der Waals surface area contributed by atoms with E-state index in [9.17, 15) is 14.0 Å². The van der Waals surface area contributed by atoms with E-state index in [-0.39, 0.29) is 17.7 Å². The molecule has 3 aromatic rings. The standard InChI is InChI=1S/C19H17FN2O2/c1-11-6-12(2)16-9-14(19(24)22-17(16)7-11)10-21-18(23)13-4-3-5-15(20)8-13/h3-9H,10H2,1-2H3,(H,21,23)(H,22,24). The van der Waals surface area contributed by atoms with Crippen LogP contribution in [0.25, 0.3) is 10.9 Å². The van der Waals surface area contributed by atoms with Crippen molar-refractivity contribution in [2.45, 2.75) is 20.4 Å². The quantitative estimate of drug-likeness (QED) is 0.777. The van der Waals surface area contributed by atoms with Gasteiger partial charge in [0.2, 0.25) is 0 Å². The zero-order valence-electron chi connectivity index (χ0n) is 13.4. The van der Waals surface area contributed by atoms with Crippen LogP contribution in [0.15, 0.2) is 47.3 Å². The lowest BCUT2D eigenvalue weighted by Gasteiger charge is -2.08. The fourth-order valence-corrected chi connectivity index (χ4v) is 2.75. The maximum Gasteiger partial charge on any atom is 0.253 e. The van der Waals surface area contributed by atoms with Gasteiger partial charge in [0.05, 0.1) is 0 Å². The predicted octanol–water partition coefficient (Wildman–Crippen LogP) is 3.21. The molecule has 1 aromatic heterocycles. The number of aromatic amines is 1. The van der Waals surface area contributed by atoms with Gasteiger partial charge in [-0.2, -0.15) is 0 Å². The molecule has 0 aliphatic rings. The number of nitrogens with one attached hydrogen (secondary N) is 2. The predicted molar refractivity (Wildman–Crippen MR) is 91.6 cm³/mol. The highest BCUT2D eigenvalue weighted by Gasteiger charge is 2.09. The van der Waals surface area contributed by atoms with Crippen LogP contribution in [0.4, 0.5) is 4.39 Å². The third-order valence-electron chi connectivity index (χ3n) is 3.92. The van der Waals surface area contributed by atoms with Gasteiger partial charge in [0, 0.05) is 28.6 Å². The van der Waals surface area contributed by atoms with Gasteiger partial charge in [0.15, 0.2) is 0 Å². The van der Waals surface area contributed by atoms with E-state index in [2.05, 4.69) is 10.3 Å². The number of hydrogen-bond donors (Lipinski definition) is 2. The molecule has 0 bridgehead atoms.